The van der Waals surface area contributed by atoms with E-state index < -0.39 is 47.5 Å². The van der Waals surface area contributed by atoms with Crippen LogP contribution in [0.5, 0.6) is 0 Å². The maximum Gasteiger partial charge on any atom is 0.493 e. The number of fused-ring (bicyclic) bond motifs is 1. The van der Waals surface area contributed by atoms with Crippen molar-refractivity contribution in [3.8, 4) is 12.0 Å². The van der Waals surface area contributed by atoms with Gasteiger partial charge in [-0.05, 0) is 31.4 Å². The molecule has 1 saturated heterocycles. The molecule has 1 aromatic carbocycles. The van der Waals surface area contributed by atoms with Gasteiger partial charge < -0.3 is 9.84 Å². The summed E-state index contributed by atoms with van der Waals surface area (Å²) >= 11 is 6.14. The number of urea groups is 1. The minimum Gasteiger partial charge on any atom is -0.394 e. The van der Waals surface area contributed by atoms with Crippen molar-refractivity contribution in [1.82, 2.24) is 14.5 Å². The van der Waals surface area contributed by atoms with Crippen LogP contribution in [-0.2, 0) is 4.74 Å². The monoisotopic (exact) mass is 581 g/mol. The highest BCUT2D eigenvalue weighted by molar-refractivity contribution is 6.23. The molecule has 1 aliphatic carbocycles. The van der Waals surface area contributed by atoms with Crippen molar-refractivity contribution in [2.75, 3.05) is 11.5 Å². The quantitative estimate of drug-likeness (QED) is 0.141. The maximum atomic E-state index is 13.2. The molecule has 2 aliphatic heterocycles. The summed E-state index contributed by atoms with van der Waals surface area (Å²) in [4.78, 5) is 40.5. The number of anilines is 1. The van der Waals surface area contributed by atoms with E-state index in [1.54, 1.807) is 13.0 Å². The molecule has 4 unspecified atom stereocenters. The Kier molecular flexibility index (Phi) is 8.45. The van der Waals surface area contributed by atoms with Crippen LogP contribution in [0.3, 0.4) is 0 Å². The van der Waals surface area contributed by atoms with E-state index in [0.29, 0.717) is 5.56 Å². The van der Waals surface area contributed by atoms with Crippen LogP contribution in [0, 0.1) is 24.8 Å². The number of hydrogen-bond acceptors (Lipinski definition) is 6. The number of aryl methyl sites for hydroxylation is 1. The Morgan fingerprint density at radius 3 is 2.60 bits per heavy atom. The smallest absolute Gasteiger partial charge is 0.394 e. The van der Waals surface area contributed by atoms with Crippen LogP contribution in [0.4, 0.5) is 23.7 Å². The molecule has 2 amide bonds. The Bertz CT molecular complexity index is 1510. The highest BCUT2D eigenvalue weighted by Crippen LogP contribution is 2.43. The van der Waals surface area contributed by atoms with Gasteiger partial charge in [0, 0.05) is 40.6 Å². The number of aromatic amines is 1. The van der Waals surface area contributed by atoms with Crippen molar-refractivity contribution in [2.45, 2.75) is 56.4 Å². The van der Waals surface area contributed by atoms with Crippen molar-refractivity contribution in [3.05, 3.63) is 72.9 Å². The third-order valence-corrected chi connectivity index (χ3v) is 6.75. The predicted octanol–water partition coefficient (Wildman–Crippen LogP) is 3.86. The van der Waals surface area contributed by atoms with Gasteiger partial charge in [0.05, 0.1) is 24.4 Å². The number of amides is 2. The molecule has 0 radical (unpaired) electrons. The van der Waals surface area contributed by atoms with Crippen LogP contribution in [0.25, 0.3) is 10.4 Å². The molecule has 12 nitrogen and oxygen atoms in total. The number of halogens is 4. The zero-order valence-electron chi connectivity index (χ0n) is 20.9. The standard InChI is InChI=1S/C14H10ClF3N2O.C10H13N5O4/c15-12-10-3-1-2-4-11(10)20(14(16,17)18)13(21)19(12)8-7-9-5-6-9;1-5-3-15(10(18)12-9(5)17)8-2-6(13-14-11)7(4-16)19-8/h1-4,9,12H,5-6H2;3,6-8,16H,2,4H2,1H3,(H,12,17,18). The molecule has 212 valence electrons. The second-order valence-corrected chi connectivity index (χ2v) is 9.59. The van der Waals surface area contributed by atoms with Crippen LogP contribution < -0.4 is 16.1 Å². The summed E-state index contributed by atoms with van der Waals surface area (Å²) in [5.41, 5.74) is 6.69. The number of H-pyrrole nitrogens is 1. The predicted molar refractivity (Wildman–Crippen MR) is 136 cm³/mol. The lowest BCUT2D eigenvalue weighted by atomic mass is 10.1. The van der Waals surface area contributed by atoms with E-state index in [0.717, 1.165) is 17.7 Å². The lowest BCUT2D eigenvalue weighted by molar-refractivity contribution is -0.123. The number of nitrogens with zero attached hydrogens (tertiary/aromatic N) is 6. The fourth-order valence-electron chi connectivity index (χ4n) is 4.12. The molecular formula is C24H23ClF3N7O5. The molecule has 2 N–H and O–H groups in total. The van der Waals surface area contributed by atoms with E-state index in [2.05, 4.69) is 27.0 Å². The van der Waals surface area contributed by atoms with E-state index in [1.165, 1.54) is 29.0 Å². The van der Waals surface area contributed by atoms with Gasteiger partial charge >= 0.3 is 18.0 Å². The Balaban J connectivity index is 0.000000186. The number of carbonyl (C=O) groups is 1. The van der Waals surface area contributed by atoms with E-state index in [-0.39, 0.29) is 35.1 Å². The number of aliphatic hydroxyl groups excluding tert-OH is 1. The number of carbonyl (C=O) groups excluding carboxylic acids is 1. The van der Waals surface area contributed by atoms with Gasteiger partial charge in [-0.15, -0.1) is 13.2 Å². The molecule has 4 atom stereocenters. The topological polar surface area (TPSA) is 157 Å². The molecule has 16 heteroatoms. The van der Waals surface area contributed by atoms with Gasteiger partial charge in [-0.2, -0.15) is 0 Å². The normalized spacial score (nSPS) is 23.8. The third-order valence-electron chi connectivity index (χ3n) is 6.32. The first kappa shape index (κ1) is 29.0. The summed E-state index contributed by atoms with van der Waals surface area (Å²) in [6.07, 6.45) is -2.69. The Morgan fingerprint density at radius 2 is 1.98 bits per heavy atom. The fraction of sp³-hybridized carbons (Fsp3) is 0.458. The van der Waals surface area contributed by atoms with Crippen LogP contribution in [-0.4, -0.2) is 50.6 Å². The Morgan fingerprint density at radius 1 is 1.27 bits per heavy atom. The number of ether oxygens (including phenoxy) is 1. The molecule has 40 heavy (non-hydrogen) atoms. The van der Waals surface area contributed by atoms with Crippen LogP contribution >= 0.6 is 11.6 Å². The number of azide groups is 1. The zero-order chi connectivity index (χ0) is 29.2. The average Bonchev–Trinajstić information content (AvgIpc) is 3.64. The summed E-state index contributed by atoms with van der Waals surface area (Å²) in [6, 6.07) is 6.37. The zero-order valence-corrected chi connectivity index (χ0v) is 21.6. The SMILES string of the molecule is Cc1cn(C2CC(N=[N+]=[N-])C(CO)O2)c(=O)[nH]c1=O.O=C1N(C#CC2CC2)C(Cl)c2ccccc2N1C(F)(F)F. The molecule has 0 bridgehead atoms. The summed E-state index contributed by atoms with van der Waals surface area (Å²) in [6.45, 7) is 1.26. The molecule has 2 aromatic rings. The van der Waals surface area contributed by atoms with Crippen LogP contribution in [0.2, 0.25) is 0 Å². The summed E-state index contributed by atoms with van der Waals surface area (Å²) in [7, 11) is 0. The third kappa shape index (κ3) is 6.10. The molecule has 2 fully saturated rings. The molecule has 3 heterocycles. The van der Waals surface area contributed by atoms with Crippen molar-refractivity contribution in [1.29, 1.82) is 0 Å². The second-order valence-electron chi connectivity index (χ2n) is 9.18. The number of aliphatic hydroxyl groups is 1. The highest BCUT2D eigenvalue weighted by atomic mass is 35.5. The molecular weight excluding hydrogens is 559 g/mol. The van der Waals surface area contributed by atoms with E-state index in [4.69, 9.17) is 27.0 Å². The molecule has 1 saturated carbocycles. The number of para-hydroxylation sites is 1. The fourth-order valence-corrected chi connectivity index (χ4v) is 4.43. The van der Waals surface area contributed by atoms with Gasteiger partial charge in [-0.1, -0.05) is 40.8 Å². The van der Waals surface area contributed by atoms with E-state index in [1.807, 2.05) is 0 Å². The first-order chi connectivity index (χ1) is 19.0. The average molecular weight is 582 g/mol. The van der Waals surface area contributed by atoms with Gasteiger partial charge in [0.15, 0.2) is 0 Å². The molecule has 1 aromatic heterocycles. The highest BCUT2D eigenvalue weighted by Gasteiger charge is 2.49. The number of benzene rings is 1. The van der Waals surface area contributed by atoms with Crippen LogP contribution in [0.1, 0.15) is 42.1 Å². The van der Waals surface area contributed by atoms with Crippen molar-refractivity contribution in [2.24, 2.45) is 11.0 Å². The first-order valence-electron chi connectivity index (χ1n) is 12.0. The number of hydrogen-bond donors (Lipinski definition) is 2. The lowest BCUT2D eigenvalue weighted by Crippen LogP contribution is -2.52. The summed E-state index contributed by atoms with van der Waals surface area (Å²) in [5, 5.41) is 12.7. The van der Waals surface area contributed by atoms with Gasteiger partial charge in [0.25, 0.3) is 5.56 Å². The molecule has 3 aliphatic rings. The van der Waals surface area contributed by atoms with Crippen molar-refractivity contribution < 1.29 is 27.8 Å². The van der Waals surface area contributed by atoms with Gasteiger partial charge in [-0.25, -0.2) is 19.4 Å². The Hall–Kier alpha value is -3.96. The molecule has 0 spiro atoms. The summed E-state index contributed by atoms with van der Waals surface area (Å²) in [5.74, 6) is 2.92. The number of rotatable bonds is 3. The Labute approximate surface area is 229 Å². The van der Waals surface area contributed by atoms with Gasteiger partial charge in [0.2, 0.25) is 0 Å². The van der Waals surface area contributed by atoms with E-state index >= 15 is 0 Å². The van der Waals surface area contributed by atoms with Crippen molar-refractivity contribution in [3.63, 3.8) is 0 Å². The van der Waals surface area contributed by atoms with Crippen LogP contribution in [0.15, 0.2) is 45.2 Å². The lowest BCUT2D eigenvalue weighted by Gasteiger charge is -2.37. The maximum absolute atomic E-state index is 13.2. The number of nitrogens with one attached hydrogen (secondary N) is 1. The summed E-state index contributed by atoms with van der Waals surface area (Å²) < 4.78 is 46.2. The number of alkyl halides is 4. The minimum atomic E-state index is -4.83. The minimum absolute atomic E-state index is 0.151. The first-order valence-corrected chi connectivity index (χ1v) is 12.5. The van der Waals surface area contributed by atoms with Crippen molar-refractivity contribution >= 4 is 23.3 Å². The van der Waals surface area contributed by atoms with E-state index in [9.17, 15) is 27.6 Å². The second kappa shape index (κ2) is 11.6. The number of aromatic nitrogens is 2. The largest absolute Gasteiger partial charge is 0.493 e. The molecule has 5 rings (SSSR count). The van der Waals surface area contributed by atoms with Gasteiger partial charge in [-0.3, -0.25) is 14.3 Å². The van der Waals surface area contributed by atoms with Gasteiger partial charge in [0.1, 0.15) is 11.7 Å².